The van der Waals surface area contributed by atoms with Gasteiger partial charge in [0.25, 0.3) is 0 Å². The highest BCUT2D eigenvalue weighted by molar-refractivity contribution is 6.16. The van der Waals surface area contributed by atoms with Crippen LogP contribution in [0.3, 0.4) is 0 Å². The Morgan fingerprint density at radius 3 is 1.48 bits per heavy atom. The number of fused-ring (bicyclic) bond motifs is 3. The molecule has 0 N–H and O–H groups in total. The number of furan rings is 1. The lowest BCUT2D eigenvalue weighted by Gasteiger charge is -2.28. The Kier molecular flexibility index (Phi) is 4.13. The zero-order chi connectivity index (χ0) is 48.9. The van der Waals surface area contributed by atoms with Crippen molar-refractivity contribution in [2.45, 2.75) is 0 Å². The molecule has 1 heterocycles. The van der Waals surface area contributed by atoms with E-state index >= 15 is 0 Å². The maximum atomic E-state index is 9.62. The summed E-state index contributed by atoms with van der Waals surface area (Å²) in [6, 6.07) is 12.3. The maximum Gasteiger partial charge on any atom is 0.136 e. The van der Waals surface area contributed by atoms with Crippen LogP contribution in [0.1, 0.15) is 24.7 Å². The predicted octanol–water partition coefficient (Wildman–Crippen LogP) is 13.7. The first-order valence-electron chi connectivity index (χ1n) is 24.5. The van der Waals surface area contributed by atoms with Crippen LogP contribution in [0, 0.1) is 0 Å². The number of para-hydroxylation sites is 1. The third-order valence-corrected chi connectivity index (χ3v) is 8.21. The molecule has 0 aliphatic heterocycles. The lowest BCUT2D eigenvalue weighted by Crippen LogP contribution is -2.11. The number of hydrogen-bond acceptors (Lipinski definition) is 2. The molecule has 0 aliphatic rings. The van der Waals surface area contributed by atoms with Gasteiger partial charge in [-0.25, -0.2) is 0 Å². The van der Waals surface area contributed by atoms with Gasteiger partial charge in [0.05, 0.1) is 30.4 Å². The summed E-state index contributed by atoms with van der Waals surface area (Å²) in [5.74, 6) is 0. The molecule has 0 bridgehead atoms. The van der Waals surface area contributed by atoms with E-state index < -0.39 is 142 Å². The van der Waals surface area contributed by atoms with Gasteiger partial charge in [-0.2, -0.15) is 0 Å². The smallest absolute Gasteiger partial charge is 0.136 e. The van der Waals surface area contributed by atoms with E-state index in [2.05, 4.69) is 0 Å². The first kappa shape index (κ1) is 16.2. The Labute approximate surface area is 317 Å². The second-order valence-electron chi connectivity index (χ2n) is 11.2. The zero-order valence-corrected chi connectivity index (χ0v) is 26.0. The van der Waals surface area contributed by atoms with Crippen molar-refractivity contribution in [1.82, 2.24) is 0 Å². The summed E-state index contributed by atoms with van der Waals surface area (Å²) in [7, 11) is 0. The molecular formula is C48H33NO. The molecule has 0 atom stereocenters. The van der Waals surface area contributed by atoms with E-state index in [1.165, 1.54) is 6.07 Å². The summed E-state index contributed by atoms with van der Waals surface area (Å²) in [5.41, 5.74) is -0.336. The molecule has 0 saturated carbocycles. The molecule has 0 radical (unpaired) electrons. The van der Waals surface area contributed by atoms with Crippen LogP contribution in [0.2, 0.25) is 0 Å². The molecule has 9 rings (SSSR count). The minimum Gasteiger partial charge on any atom is -0.456 e. The molecule has 0 spiro atoms. The maximum absolute atomic E-state index is 9.62. The normalized spacial score (nSPS) is 16.2. The molecule has 0 unspecified atom stereocenters. The van der Waals surface area contributed by atoms with Crippen molar-refractivity contribution in [1.29, 1.82) is 0 Å². The van der Waals surface area contributed by atoms with Crippen LogP contribution in [-0.4, -0.2) is 0 Å². The van der Waals surface area contributed by atoms with Gasteiger partial charge >= 0.3 is 0 Å². The molecule has 2 nitrogen and oxygen atoms in total. The van der Waals surface area contributed by atoms with Crippen LogP contribution in [0.15, 0.2) is 204 Å². The van der Waals surface area contributed by atoms with Gasteiger partial charge in [-0.3, -0.25) is 0 Å². The van der Waals surface area contributed by atoms with Crippen molar-refractivity contribution in [3.63, 3.8) is 0 Å². The molecule has 50 heavy (non-hydrogen) atoms. The molecule has 236 valence electrons. The first-order valence-corrected chi connectivity index (χ1v) is 15.5. The quantitative estimate of drug-likeness (QED) is 0.170. The van der Waals surface area contributed by atoms with Gasteiger partial charge in [0.1, 0.15) is 11.2 Å². The fourth-order valence-electron chi connectivity index (χ4n) is 5.93. The van der Waals surface area contributed by atoms with Gasteiger partial charge in [0, 0.05) is 27.7 Å². The van der Waals surface area contributed by atoms with E-state index in [4.69, 9.17) is 18.1 Å². The molecule has 0 fully saturated rings. The number of anilines is 3. The summed E-state index contributed by atoms with van der Waals surface area (Å²) in [6.45, 7) is 0. The van der Waals surface area contributed by atoms with Gasteiger partial charge in [0.2, 0.25) is 0 Å². The molecule has 0 saturated heterocycles. The van der Waals surface area contributed by atoms with E-state index in [1.807, 2.05) is 42.5 Å². The SMILES string of the molecule is [2H]c1c([2H])c([2H])c(-c2c([2H])c([2H])c(N(c3ccc4oc5ccccc5c4c3-c3ccc(-c4ccccc4)cc3)c3c([2H])c([2H])c(-c4c([2H])c([2H])c([2H])c([2H])c4[2H])c([2H])c3[2H])c([2H])c2[2H])c([2H])c1[2H]. The molecular weight excluding hydrogens is 607 g/mol. The molecule has 2 heteroatoms. The number of hydrogen-bond donors (Lipinski definition) is 0. The average Bonchev–Trinajstić information content (AvgIpc) is 3.73. The van der Waals surface area contributed by atoms with Gasteiger partial charge in [-0.1, -0.05) is 157 Å². The Balaban J connectivity index is 1.44. The van der Waals surface area contributed by atoms with E-state index in [0.29, 0.717) is 33.1 Å². The van der Waals surface area contributed by atoms with E-state index in [0.717, 1.165) is 16.0 Å². The second kappa shape index (κ2) is 12.8. The predicted molar refractivity (Wildman–Crippen MR) is 210 cm³/mol. The van der Waals surface area contributed by atoms with Crippen molar-refractivity contribution in [2.75, 3.05) is 4.90 Å². The Morgan fingerprint density at radius 2 is 0.880 bits per heavy atom. The van der Waals surface area contributed by atoms with E-state index in [9.17, 15) is 11.0 Å². The minimum absolute atomic E-state index is 0.00392. The van der Waals surface area contributed by atoms with Crippen LogP contribution in [0.5, 0.6) is 0 Å². The number of rotatable bonds is 7. The molecule has 0 aliphatic carbocycles. The average molecular weight is 658 g/mol. The standard InChI is InChI=1S/C48H33NO/c1-4-12-34(13-5-1)37-20-22-40(23-21-37)47-44(32-33-46-48(47)43-18-10-11-19-45(43)50-46)49(41-28-24-38(25-29-41)35-14-6-2-7-15-35)42-30-26-39(27-31-42)36-16-8-3-9-17-36/h1-33H/i2D,3D,6D,7D,8D,9D,14D,15D,16D,17D,24D,25D,26D,27D,28D,29D,30D,31D. The fourth-order valence-corrected chi connectivity index (χ4v) is 5.93. The zero-order valence-electron chi connectivity index (χ0n) is 44.0. The van der Waals surface area contributed by atoms with Gasteiger partial charge in [-0.05, 0) is 81.3 Å². The summed E-state index contributed by atoms with van der Waals surface area (Å²) in [5, 5.41) is 1.08. The Bertz CT molecular complexity index is 3360. The Morgan fingerprint density at radius 1 is 0.380 bits per heavy atom. The van der Waals surface area contributed by atoms with Gasteiger partial charge in [0.15, 0.2) is 0 Å². The highest BCUT2D eigenvalue weighted by atomic mass is 16.3. The topological polar surface area (TPSA) is 16.4 Å². The van der Waals surface area contributed by atoms with Crippen molar-refractivity contribution < 1.29 is 29.1 Å². The summed E-state index contributed by atoms with van der Waals surface area (Å²) in [6.07, 6.45) is 0. The lowest BCUT2D eigenvalue weighted by atomic mass is 9.94. The van der Waals surface area contributed by atoms with Gasteiger partial charge < -0.3 is 9.32 Å². The number of benzene rings is 8. The highest BCUT2D eigenvalue weighted by Crippen LogP contribution is 2.47. The summed E-state index contributed by atoms with van der Waals surface area (Å²) >= 11 is 0. The van der Waals surface area contributed by atoms with Gasteiger partial charge in [-0.15, -0.1) is 0 Å². The number of nitrogens with zero attached hydrogens (tertiary/aromatic N) is 1. The summed E-state index contributed by atoms with van der Waals surface area (Å²) < 4.78 is 166. The summed E-state index contributed by atoms with van der Waals surface area (Å²) in [4.78, 5) is 1.04. The third-order valence-electron chi connectivity index (χ3n) is 8.21. The van der Waals surface area contributed by atoms with Crippen molar-refractivity contribution >= 4 is 39.0 Å². The van der Waals surface area contributed by atoms with Crippen LogP contribution in [-0.2, 0) is 0 Å². The minimum atomic E-state index is -0.862. The van der Waals surface area contributed by atoms with E-state index in [-0.39, 0.29) is 5.69 Å². The van der Waals surface area contributed by atoms with Crippen LogP contribution in [0.25, 0.3) is 66.4 Å². The van der Waals surface area contributed by atoms with E-state index in [1.54, 1.807) is 42.5 Å². The lowest BCUT2D eigenvalue weighted by molar-refractivity contribution is 0.669. The van der Waals surface area contributed by atoms with Crippen molar-refractivity contribution in [3.05, 3.63) is 200 Å². The Hall–Kier alpha value is -6.64. The fraction of sp³-hybridized carbons (Fsp3) is 0. The van der Waals surface area contributed by atoms with Crippen molar-refractivity contribution in [2.24, 2.45) is 0 Å². The van der Waals surface area contributed by atoms with Crippen molar-refractivity contribution in [3.8, 4) is 44.5 Å². The van der Waals surface area contributed by atoms with Crippen LogP contribution in [0.4, 0.5) is 17.1 Å². The molecule has 8 aromatic carbocycles. The highest BCUT2D eigenvalue weighted by Gasteiger charge is 2.23. The monoisotopic (exact) mass is 657 g/mol. The second-order valence-corrected chi connectivity index (χ2v) is 11.2. The first-order chi connectivity index (χ1) is 32.3. The van der Waals surface area contributed by atoms with Crippen LogP contribution >= 0.6 is 0 Å². The molecule has 1 aromatic heterocycles. The molecule has 0 amide bonds. The van der Waals surface area contributed by atoms with Crippen LogP contribution < -0.4 is 4.90 Å². The largest absolute Gasteiger partial charge is 0.456 e. The molecule has 9 aromatic rings. The third kappa shape index (κ3) is 5.43.